The fourth-order valence-electron chi connectivity index (χ4n) is 2.24. The second-order valence-corrected chi connectivity index (χ2v) is 4.59. The first-order valence-corrected chi connectivity index (χ1v) is 7.14. The Labute approximate surface area is 120 Å². The van der Waals surface area contributed by atoms with E-state index in [1.807, 2.05) is 19.1 Å². The zero-order valence-electron chi connectivity index (χ0n) is 12.3. The van der Waals surface area contributed by atoms with Gasteiger partial charge < -0.3 is 18.8 Å². The van der Waals surface area contributed by atoms with Gasteiger partial charge in [-0.15, -0.1) is 0 Å². The van der Waals surface area contributed by atoms with Crippen LogP contribution in [-0.4, -0.2) is 38.1 Å². The fraction of sp³-hybridized carbons (Fsp3) is 0.500. The summed E-state index contributed by atoms with van der Waals surface area (Å²) in [5.41, 5.74) is 1.19. The Kier molecular flexibility index (Phi) is 5.89. The van der Waals surface area contributed by atoms with E-state index < -0.39 is 0 Å². The average molecular weight is 277 g/mol. The first-order valence-electron chi connectivity index (χ1n) is 7.14. The molecule has 0 unspecified atom stereocenters. The monoisotopic (exact) mass is 277 g/mol. The first-order chi connectivity index (χ1) is 9.86. The van der Waals surface area contributed by atoms with Gasteiger partial charge in [0.2, 0.25) is 0 Å². The molecule has 1 aromatic heterocycles. The smallest absolute Gasteiger partial charge is 0.128 e. The van der Waals surface area contributed by atoms with Gasteiger partial charge in [0, 0.05) is 38.5 Å². The van der Waals surface area contributed by atoms with Crippen LogP contribution in [0, 0.1) is 0 Å². The lowest BCUT2D eigenvalue weighted by Gasteiger charge is -2.08. The van der Waals surface area contributed by atoms with Gasteiger partial charge in [0.1, 0.15) is 5.75 Å². The molecule has 4 heteroatoms. The van der Waals surface area contributed by atoms with Gasteiger partial charge in [-0.2, -0.15) is 0 Å². The summed E-state index contributed by atoms with van der Waals surface area (Å²) in [7, 11) is 1.71. The number of ether oxygens (including phenoxy) is 3. The topological polar surface area (TPSA) is 32.6 Å². The molecule has 0 aliphatic carbocycles. The van der Waals surface area contributed by atoms with Crippen molar-refractivity contribution in [2.24, 2.45) is 0 Å². The van der Waals surface area contributed by atoms with Crippen LogP contribution < -0.4 is 4.74 Å². The largest absolute Gasteiger partial charge is 0.493 e. The minimum Gasteiger partial charge on any atom is -0.493 e. The zero-order chi connectivity index (χ0) is 14.2. The minimum absolute atomic E-state index is 0.687. The molecular weight excluding hydrogens is 254 g/mol. The van der Waals surface area contributed by atoms with Crippen molar-refractivity contribution in [2.75, 3.05) is 33.5 Å². The van der Waals surface area contributed by atoms with Gasteiger partial charge in [0.15, 0.2) is 0 Å². The molecule has 0 aliphatic rings. The van der Waals surface area contributed by atoms with Crippen LogP contribution in [0.25, 0.3) is 10.9 Å². The van der Waals surface area contributed by atoms with E-state index >= 15 is 0 Å². The summed E-state index contributed by atoms with van der Waals surface area (Å²) < 4.78 is 18.4. The zero-order valence-corrected chi connectivity index (χ0v) is 12.3. The quantitative estimate of drug-likeness (QED) is 0.660. The molecule has 0 aliphatic heterocycles. The van der Waals surface area contributed by atoms with Crippen LogP contribution in [0.4, 0.5) is 0 Å². The van der Waals surface area contributed by atoms with E-state index in [0.29, 0.717) is 13.2 Å². The lowest BCUT2D eigenvalue weighted by molar-refractivity contribution is 0.0982. The van der Waals surface area contributed by atoms with Gasteiger partial charge in [-0.25, -0.2) is 0 Å². The van der Waals surface area contributed by atoms with E-state index in [1.54, 1.807) is 7.11 Å². The van der Waals surface area contributed by atoms with Gasteiger partial charge in [0.05, 0.1) is 18.7 Å². The second-order valence-electron chi connectivity index (χ2n) is 4.59. The van der Waals surface area contributed by atoms with Crippen molar-refractivity contribution in [2.45, 2.75) is 19.9 Å². The van der Waals surface area contributed by atoms with Gasteiger partial charge in [0.25, 0.3) is 0 Å². The minimum atomic E-state index is 0.687. The van der Waals surface area contributed by atoms with Crippen molar-refractivity contribution in [3.05, 3.63) is 30.5 Å². The van der Waals surface area contributed by atoms with Crippen molar-refractivity contribution in [1.82, 2.24) is 4.57 Å². The molecule has 1 aromatic carbocycles. The summed E-state index contributed by atoms with van der Waals surface area (Å²) in [6.45, 7) is 5.76. The van der Waals surface area contributed by atoms with Crippen LogP contribution in [0.5, 0.6) is 5.75 Å². The van der Waals surface area contributed by atoms with E-state index in [1.165, 1.54) is 5.52 Å². The first kappa shape index (κ1) is 14.9. The number of benzene rings is 1. The highest BCUT2D eigenvalue weighted by Gasteiger charge is 2.05. The SMILES string of the molecule is CCOc1cccc2c1ccn2CCOCCCOC. The molecule has 0 saturated carbocycles. The lowest BCUT2D eigenvalue weighted by Crippen LogP contribution is -2.07. The molecule has 20 heavy (non-hydrogen) atoms. The van der Waals surface area contributed by atoms with Gasteiger partial charge in [-0.1, -0.05) is 6.07 Å². The summed E-state index contributed by atoms with van der Waals surface area (Å²) in [6.07, 6.45) is 3.03. The Morgan fingerprint density at radius 2 is 2.00 bits per heavy atom. The summed E-state index contributed by atoms with van der Waals surface area (Å²) >= 11 is 0. The maximum Gasteiger partial charge on any atom is 0.128 e. The number of hydrogen-bond donors (Lipinski definition) is 0. The predicted molar refractivity (Wildman–Crippen MR) is 80.4 cm³/mol. The van der Waals surface area contributed by atoms with Crippen molar-refractivity contribution in [3.63, 3.8) is 0 Å². The summed E-state index contributed by atoms with van der Waals surface area (Å²) in [4.78, 5) is 0. The normalized spacial score (nSPS) is 11.1. The van der Waals surface area contributed by atoms with E-state index in [9.17, 15) is 0 Å². The lowest BCUT2D eigenvalue weighted by atomic mass is 10.2. The maximum atomic E-state index is 5.64. The molecule has 2 rings (SSSR count). The third-order valence-corrected chi connectivity index (χ3v) is 3.19. The molecular formula is C16H23NO3. The number of nitrogens with zero attached hydrogens (tertiary/aromatic N) is 1. The van der Waals surface area contributed by atoms with Gasteiger partial charge >= 0.3 is 0 Å². The van der Waals surface area contributed by atoms with Crippen molar-refractivity contribution < 1.29 is 14.2 Å². The number of aromatic nitrogens is 1. The van der Waals surface area contributed by atoms with E-state index in [2.05, 4.69) is 22.9 Å². The van der Waals surface area contributed by atoms with Gasteiger partial charge in [-0.05, 0) is 31.5 Å². The van der Waals surface area contributed by atoms with Crippen LogP contribution in [0.2, 0.25) is 0 Å². The summed E-state index contributed by atoms with van der Waals surface area (Å²) in [5.74, 6) is 0.949. The van der Waals surface area contributed by atoms with Crippen LogP contribution in [0.15, 0.2) is 30.5 Å². The Hall–Kier alpha value is -1.52. The number of fused-ring (bicyclic) bond motifs is 1. The molecule has 0 bridgehead atoms. The molecule has 0 amide bonds. The maximum absolute atomic E-state index is 5.64. The molecule has 0 fully saturated rings. The van der Waals surface area contributed by atoms with E-state index in [4.69, 9.17) is 14.2 Å². The molecule has 110 valence electrons. The molecule has 1 heterocycles. The van der Waals surface area contributed by atoms with Crippen LogP contribution in [0.1, 0.15) is 13.3 Å². The molecule has 4 nitrogen and oxygen atoms in total. The van der Waals surface area contributed by atoms with Crippen LogP contribution in [0.3, 0.4) is 0 Å². The van der Waals surface area contributed by atoms with Crippen LogP contribution >= 0.6 is 0 Å². The number of methoxy groups -OCH3 is 1. The summed E-state index contributed by atoms with van der Waals surface area (Å²) in [6, 6.07) is 8.26. The van der Waals surface area contributed by atoms with Gasteiger partial charge in [-0.3, -0.25) is 0 Å². The highest BCUT2D eigenvalue weighted by atomic mass is 16.5. The molecule has 0 N–H and O–H groups in total. The predicted octanol–water partition coefficient (Wildman–Crippen LogP) is 3.09. The molecule has 2 aromatic rings. The van der Waals surface area contributed by atoms with Crippen molar-refractivity contribution in [1.29, 1.82) is 0 Å². The third-order valence-electron chi connectivity index (χ3n) is 3.19. The Morgan fingerprint density at radius 1 is 1.10 bits per heavy atom. The highest BCUT2D eigenvalue weighted by molar-refractivity contribution is 5.86. The second kappa shape index (κ2) is 7.92. The highest BCUT2D eigenvalue weighted by Crippen LogP contribution is 2.26. The third kappa shape index (κ3) is 3.74. The summed E-state index contributed by atoms with van der Waals surface area (Å²) in [5, 5.41) is 1.16. The van der Waals surface area contributed by atoms with Crippen molar-refractivity contribution >= 4 is 10.9 Å². The Bertz CT molecular complexity index is 521. The van der Waals surface area contributed by atoms with E-state index in [-0.39, 0.29) is 0 Å². The number of rotatable bonds is 9. The molecule has 0 saturated heterocycles. The number of hydrogen-bond acceptors (Lipinski definition) is 3. The standard InChI is InChI=1S/C16H23NO3/c1-3-20-16-7-4-6-15-14(16)8-9-17(15)10-13-19-12-5-11-18-2/h4,6-9H,3,5,10-13H2,1-2H3. The molecule has 0 radical (unpaired) electrons. The average Bonchev–Trinajstić information content (AvgIpc) is 2.87. The molecule has 0 atom stereocenters. The van der Waals surface area contributed by atoms with Crippen molar-refractivity contribution in [3.8, 4) is 5.75 Å². The Morgan fingerprint density at radius 3 is 2.80 bits per heavy atom. The van der Waals surface area contributed by atoms with E-state index in [0.717, 1.165) is 37.3 Å². The molecule has 0 spiro atoms. The Balaban J connectivity index is 1.92. The van der Waals surface area contributed by atoms with Crippen LogP contribution in [-0.2, 0) is 16.0 Å². The fourth-order valence-corrected chi connectivity index (χ4v) is 2.24.